The topological polar surface area (TPSA) is 56.1 Å². The second-order valence-electron chi connectivity index (χ2n) is 5.95. The number of aryl methyl sites for hydroxylation is 1. The maximum atomic E-state index is 5.15. The van der Waals surface area contributed by atoms with E-state index in [0.717, 1.165) is 49.6 Å². The van der Waals surface area contributed by atoms with E-state index < -0.39 is 0 Å². The molecule has 3 heterocycles. The summed E-state index contributed by atoms with van der Waals surface area (Å²) < 4.78 is 6.94. The number of aromatic nitrogens is 4. The zero-order valence-electron chi connectivity index (χ0n) is 13.3. The van der Waals surface area contributed by atoms with Gasteiger partial charge in [0.1, 0.15) is 0 Å². The maximum absolute atomic E-state index is 5.15. The molecule has 1 aliphatic heterocycles. The van der Waals surface area contributed by atoms with Crippen LogP contribution in [0.1, 0.15) is 12.1 Å². The van der Waals surface area contributed by atoms with Crippen LogP contribution in [0, 0.1) is 5.92 Å². The zero-order chi connectivity index (χ0) is 15.4. The van der Waals surface area contributed by atoms with Crippen LogP contribution in [0.3, 0.4) is 0 Å². The van der Waals surface area contributed by atoms with Crippen LogP contribution in [0.25, 0.3) is 11.3 Å². The average Bonchev–Trinajstić information content (AvgIpc) is 3.15. The molecule has 22 heavy (non-hydrogen) atoms. The van der Waals surface area contributed by atoms with Crippen LogP contribution in [-0.4, -0.2) is 58.0 Å². The van der Waals surface area contributed by atoms with E-state index in [0.29, 0.717) is 5.92 Å². The lowest BCUT2D eigenvalue weighted by Crippen LogP contribution is -2.25. The third-order valence-electron chi connectivity index (χ3n) is 4.16. The lowest BCUT2D eigenvalue weighted by Gasteiger charge is -2.15. The highest BCUT2D eigenvalue weighted by Crippen LogP contribution is 2.21. The Morgan fingerprint density at radius 1 is 1.32 bits per heavy atom. The minimum atomic E-state index is 0.662. The molecule has 0 aliphatic carbocycles. The SMILES string of the molecule is COCCN1CC[C@@H](Cc2cncc(-c3cnn(C)c3)n2)C1. The summed E-state index contributed by atoms with van der Waals surface area (Å²) in [5, 5.41) is 4.19. The molecule has 3 rings (SSSR count). The standard InChI is InChI=1S/C16H23N5O/c1-20-12-14(8-18-20)16-10-17-9-15(19-16)7-13-3-4-21(11-13)5-6-22-2/h8-10,12-13H,3-7,11H2,1-2H3/t13-/m0/s1. The van der Waals surface area contributed by atoms with Gasteiger partial charge >= 0.3 is 0 Å². The summed E-state index contributed by atoms with van der Waals surface area (Å²) in [5.41, 5.74) is 2.99. The normalized spacial score (nSPS) is 18.9. The van der Waals surface area contributed by atoms with Crippen molar-refractivity contribution in [2.45, 2.75) is 12.8 Å². The molecule has 0 aromatic carbocycles. The second-order valence-corrected chi connectivity index (χ2v) is 5.95. The van der Waals surface area contributed by atoms with E-state index in [-0.39, 0.29) is 0 Å². The summed E-state index contributed by atoms with van der Waals surface area (Å²) in [5.74, 6) is 0.662. The maximum Gasteiger partial charge on any atom is 0.0920 e. The molecular weight excluding hydrogens is 278 g/mol. The monoisotopic (exact) mass is 301 g/mol. The van der Waals surface area contributed by atoms with Gasteiger partial charge in [0, 0.05) is 45.2 Å². The van der Waals surface area contributed by atoms with E-state index in [4.69, 9.17) is 9.72 Å². The predicted molar refractivity (Wildman–Crippen MR) is 84.4 cm³/mol. The van der Waals surface area contributed by atoms with Crippen molar-refractivity contribution in [1.82, 2.24) is 24.6 Å². The molecule has 6 heteroatoms. The summed E-state index contributed by atoms with van der Waals surface area (Å²) in [6, 6.07) is 0. The highest BCUT2D eigenvalue weighted by Gasteiger charge is 2.22. The van der Waals surface area contributed by atoms with Gasteiger partial charge in [-0.15, -0.1) is 0 Å². The van der Waals surface area contributed by atoms with Crippen LogP contribution in [0.15, 0.2) is 24.8 Å². The van der Waals surface area contributed by atoms with Gasteiger partial charge in [-0.25, -0.2) is 4.98 Å². The van der Waals surface area contributed by atoms with Gasteiger partial charge in [0.2, 0.25) is 0 Å². The third-order valence-corrected chi connectivity index (χ3v) is 4.16. The molecule has 118 valence electrons. The molecule has 0 N–H and O–H groups in total. The van der Waals surface area contributed by atoms with E-state index in [2.05, 4.69) is 15.0 Å². The lowest BCUT2D eigenvalue weighted by molar-refractivity contribution is 0.159. The lowest BCUT2D eigenvalue weighted by atomic mass is 10.0. The first-order chi connectivity index (χ1) is 10.7. The molecule has 1 atom stereocenters. The van der Waals surface area contributed by atoms with Gasteiger partial charge in [-0.3, -0.25) is 9.67 Å². The van der Waals surface area contributed by atoms with E-state index in [1.54, 1.807) is 18.0 Å². The van der Waals surface area contributed by atoms with Crippen LogP contribution in [0.5, 0.6) is 0 Å². The number of rotatable bonds is 6. The van der Waals surface area contributed by atoms with E-state index in [1.165, 1.54) is 6.42 Å². The first kappa shape index (κ1) is 15.1. The van der Waals surface area contributed by atoms with Gasteiger partial charge in [0.25, 0.3) is 0 Å². The first-order valence-corrected chi connectivity index (χ1v) is 7.76. The van der Waals surface area contributed by atoms with Crippen LogP contribution in [0.4, 0.5) is 0 Å². The van der Waals surface area contributed by atoms with Crippen molar-refractivity contribution in [3.63, 3.8) is 0 Å². The molecule has 0 saturated carbocycles. The minimum Gasteiger partial charge on any atom is -0.383 e. The Morgan fingerprint density at radius 2 is 2.23 bits per heavy atom. The molecule has 2 aromatic heterocycles. The predicted octanol–water partition coefficient (Wildman–Crippen LogP) is 1.39. The van der Waals surface area contributed by atoms with Gasteiger partial charge in [-0.05, 0) is 25.3 Å². The molecule has 1 saturated heterocycles. The fraction of sp³-hybridized carbons (Fsp3) is 0.562. The Hall–Kier alpha value is -1.79. The fourth-order valence-electron chi connectivity index (χ4n) is 3.00. The summed E-state index contributed by atoms with van der Waals surface area (Å²) in [7, 11) is 3.67. The van der Waals surface area contributed by atoms with Crippen molar-refractivity contribution in [3.8, 4) is 11.3 Å². The number of hydrogen-bond donors (Lipinski definition) is 0. The van der Waals surface area contributed by atoms with E-state index in [1.807, 2.05) is 25.6 Å². The van der Waals surface area contributed by atoms with Crippen molar-refractivity contribution >= 4 is 0 Å². The molecule has 0 unspecified atom stereocenters. The largest absolute Gasteiger partial charge is 0.383 e. The molecule has 0 spiro atoms. The van der Waals surface area contributed by atoms with Gasteiger partial charge in [0.05, 0.1) is 30.4 Å². The van der Waals surface area contributed by atoms with E-state index >= 15 is 0 Å². The van der Waals surface area contributed by atoms with Crippen molar-refractivity contribution < 1.29 is 4.74 Å². The van der Waals surface area contributed by atoms with Crippen LogP contribution in [-0.2, 0) is 18.2 Å². The molecule has 6 nitrogen and oxygen atoms in total. The molecule has 2 aromatic rings. The molecule has 0 amide bonds. The average molecular weight is 301 g/mol. The Balaban J connectivity index is 1.62. The van der Waals surface area contributed by atoms with Gasteiger partial charge in [-0.1, -0.05) is 0 Å². The van der Waals surface area contributed by atoms with Crippen LogP contribution in [0.2, 0.25) is 0 Å². The molecular formula is C16H23N5O. The Morgan fingerprint density at radius 3 is 3.00 bits per heavy atom. The zero-order valence-corrected chi connectivity index (χ0v) is 13.3. The quantitative estimate of drug-likeness (QED) is 0.807. The summed E-state index contributed by atoms with van der Waals surface area (Å²) in [4.78, 5) is 11.6. The molecule has 0 bridgehead atoms. The molecule has 1 fully saturated rings. The van der Waals surface area contributed by atoms with Gasteiger partial charge < -0.3 is 9.64 Å². The van der Waals surface area contributed by atoms with E-state index in [9.17, 15) is 0 Å². The van der Waals surface area contributed by atoms with Crippen LogP contribution < -0.4 is 0 Å². The Kier molecular flexibility index (Phi) is 4.80. The Labute approximate surface area is 131 Å². The number of hydrogen-bond acceptors (Lipinski definition) is 5. The summed E-state index contributed by atoms with van der Waals surface area (Å²) in [6.45, 7) is 4.11. The number of ether oxygens (including phenoxy) is 1. The van der Waals surface area contributed by atoms with Gasteiger partial charge in [-0.2, -0.15) is 5.10 Å². The van der Waals surface area contributed by atoms with Gasteiger partial charge in [0.15, 0.2) is 0 Å². The number of methoxy groups -OCH3 is 1. The Bertz CT molecular complexity index is 612. The highest BCUT2D eigenvalue weighted by molar-refractivity contribution is 5.55. The number of likely N-dealkylation sites (tertiary alicyclic amines) is 1. The third kappa shape index (κ3) is 3.69. The summed E-state index contributed by atoms with van der Waals surface area (Å²) in [6.07, 6.45) is 9.70. The molecule has 1 aliphatic rings. The fourth-order valence-corrected chi connectivity index (χ4v) is 3.00. The number of nitrogens with zero attached hydrogens (tertiary/aromatic N) is 5. The smallest absolute Gasteiger partial charge is 0.0920 e. The van der Waals surface area contributed by atoms with Crippen molar-refractivity contribution in [2.24, 2.45) is 13.0 Å². The van der Waals surface area contributed by atoms with Crippen molar-refractivity contribution in [3.05, 3.63) is 30.5 Å². The van der Waals surface area contributed by atoms with Crippen molar-refractivity contribution in [2.75, 3.05) is 33.4 Å². The highest BCUT2D eigenvalue weighted by atomic mass is 16.5. The first-order valence-electron chi connectivity index (χ1n) is 7.76. The second kappa shape index (κ2) is 6.98. The summed E-state index contributed by atoms with van der Waals surface area (Å²) >= 11 is 0. The van der Waals surface area contributed by atoms with Crippen molar-refractivity contribution in [1.29, 1.82) is 0 Å². The minimum absolute atomic E-state index is 0.662. The molecule has 0 radical (unpaired) electrons. The van der Waals surface area contributed by atoms with Crippen LogP contribution >= 0.6 is 0 Å².